The number of methoxy groups -OCH3 is 2. The van der Waals surface area contributed by atoms with Crippen molar-refractivity contribution in [2.75, 3.05) is 20.2 Å². The average Bonchev–Trinajstić information content (AvgIpc) is 2.55. The topological polar surface area (TPSA) is 27.7 Å². The summed E-state index contributed by atoms with van der Waals surface area (Å²) < 4.78 is 16.1. The van der Waals surface area contributed by atoms with Gasteiger partial charge in [-0.05, 0) is 17.7 Å². The van der Waals surface area contributed by atoms with E-state index in [1.807, 2.05) is 30.3 Å². The van der Waals surface area contributed by atoms with E-state index in [2.05, 4.69) is 24.3 Å². The Morgan fingerprint density at radius 1 is 0.905 bits per heavy atom. The Kier molecular flexibility index (Phi) is 6.76. The highest BCUT2D eigenvalue weighted by Crippen LogP contribution is 2.23. The molecular weight excluding hydrogens is 284 g/mol. The fraction of sp³-hybridized carbons (Fsp3) is 0.294. The lowest BCUT2D eigenvalue weighted by molar-refractivity contribution is -0.106. The first-order valence-electron chi connectivity index (χ1n) is 6.73. The van der Waals surface area contributed by atoms with Crippen molar-refractivity contribution in [3.63, 3.8) is 0 Å². The van der Waals surface area contributed by atoms with E-state index in [0.717, 1.165) is 10.5 Å². The zero-order chi connectivity index (χ0) is 14.9. The molecule has 0 amide bonds. The zero-order valence-electron chi connectivity index (χ0n) is 12.3. The lowest BCUT2D eigenvalue weighted by Crippen LogP contribution is -2.03. The molecule has 0 aliphatic carbocycles. The van der Waals surface area contributed by atoms with Crippen molar-refractivity contribution >= 4 is 11.8 Å². The second kappa shape index (κ2) is 8.85. The van der Waals surface area contributed by atoms with Crippen molar-refractivity contribution < 1.29 is 14.2 Å². The van der Waals surface area contributed by atoms with Gasteiger partial charge in [-0.2, -0.15) is 0 Å². The van der Waals surface area contributed by atoms with Crippen LogP contribution in [-0.2, 0) is 20.8 Å². The van der Waals surface area contributed by atoms with Crippen LogP contribution in [0.5, 0.6) is 0 Å². The van der Waals surface area contributed by atoms with Gasteiger partial charge < -0.3 is 14.2 Å². The zero-order valence-corrected chi connectivity index (χ0v) is 13.1. The normalized spacial score (nSPS) is 11.0. The summed E-state index contributed by atoms with van der Waals surface area (Å²) in [7, 11) is 3.27. The first-order valence-corrected chi connectivity index (χ1v) is 7.72. The van der Waals surface area contributed by atoms with Gasteiger partial charge in [-0.15, -0.1) is 0 Å². The fourth-order valence-electron chi connectivity index (χ4n) is 1.93. The highest BCUT2D eigenvalue weighted by Gasteiger charge is 2.07. The third kappa shape index (κ3) is 5.17. The van der Waals surface area contributed by atoms with Crippen molar-refractivity contribution in [2.24, 2.45) is 0 Å². The number of hydrogen-bond donors (Lipinski definition) is 0. The van der Waals surface area contributed by atoms with Gasteiger partial charge in [0.15, 0.2) is 6.29 Å². The number of hydrogen-bond acceptors (Lipinski definition) is 4. The molecule has 0 N–H and O–H groups in total. The van der Waals surface area contributed by atoms with E-state index in [1.165, 1.54) is 5.56 Å². The minimum atomic E-state index is -0.307. The van der Waals surface area contributed by atoms with Gasteiger partial charge in [-0.25, -0.2) is 0 Å². The molecule has 0 aliphatic rings. The Labute approximate surface area is 130 Å². The van der Waals surface area contributed by atoms with Gasteiger partial charge in [0.05, 0.1) is 12.5 Å². The van der Waals surface area contributed by atoms with E-state index in [0.29, 0.717) is 12.5 Å². The molecule has 21 heavy (non-hydrogen) atoms. The van der Waals surface area contributed by atoms with Crippen LogP contribution in [0, 0.1) is 0 Å². The molecule has 0 unspecified atom stereocenters. The summed E-state index contributed by atoms with van der Waals surface area (Å²) in [5.41, 5.74) is 2.20. The van der Waals surface area contributed by atoms with Crippen LogP contribution in [0.3, 0.4) is 0 Å². The largest absolute Gasteiger partial charge is 0.366 e. The van der Waals surface area contributed by atoms with Crippen LogP contribution in [0.15, 0.2) is 59.5 Å². The number of rotatable bonds is 8. The highest BCUT2D eigenvalue weighted by molar-refractivity contribution is 7.99. The van der Waals surface area contributed by atoms with Crippen LogP contribution in [0.25, 0.3) is 0 Å². The summed E-state index contributed by atoms with van der Waals surface area (Å²) in [5, 5.41) is 0. The van der Waals surface area contributed by atoms with Crippen LogP contribution >= 0.6 is 11.8 Å². The third-order valence-electron chi connectivity index (χ3n) is 3.00. The van der Waals surface area contributed by atoms with Crippen molar-refractivity contribution in [2.45, 2.75) is 17.8 Å². The summed E-state index contributed by atoms with van der Waals surface area (Å²) in [6.07, 6.45) is -0.307. The standard InChI is InChI=1S/C17H20O3S/c1-18-17(19-2)15-8-10-16(11-9-15)21-13-20-12-14-6-4-3-5-7-14/h3-11,17H,12-13H2,1-2H3. The Hall–Kier alpha value is -1.33. The fourth-order valence-corrected chi connectivity index (χ4v) is 2.56. The maximum Gasteiger partial charge on any atom is 0.183 e. The summed E-state index contributed by atoms with van der Waals surface area (Å²) in [6.45, 7) is 0.640. The minimum absolute atomic E-state index is 0.307. The smallest absolute Gasteiger partial charge is 0.183 e. The molecule has 0 radical (unpaired) electrons. The molecular formula is C17H20O3S. The van der Waals surface area contributed by atoms with Gasteiger partial charge in [0.1, 0.15) is 0 Å². The van der Waals surface area contributed by atoms with Crippen molar-refractivity contribution in [3.05, 3.63) is 65.7 Å². The molecule has 0 bridgehead atoms. The molecule has 2 aromatic carbocycles. The number of ether oxygens (including phenoxy) is 3. The molecule has 0 aromatic heterocycles. The SMILES string of the molecule is COC(OC)c1ccc(SCOCc2ccccc2)cc1. The van der Waals surface area contributed by atoms with Gasteiger partial charge in [0.2, 0.25) is 0 Å². The molecule has 0 spiro atoms. The lowest BCUT2D eigenvalue weighted by Gasteiger charge is -2.13. The minimum Gasteiger partial charge on any atom is -0.366 e. The number of benzene rings is 2. The van der Waals surface area contributed by atoms with E-state index in [4.69, 9.17) is 14.2 Å². The van der Waals surface area contributed by atoms with Crippen LogP contribution in [-0.4, -0.2) is 20.2 Å². The van der Waals surface area contributed by atoms with Gasteiger partial charge >= 0.3 is 0 Å². The first-order chi connectivity index (χ1) is 10.3. The molecule has 2 rings (SSSR count). The first kappa shape index (κ1) is 16.0. The molecule has 0 fully saturated rings. The van der Waals surface area contributed by atoms with Crippen molar-refractivity contribution in [3.8, 4) is 0 Å². The van der Waals surface area contributed by atoms with E-state index >= 15 is 0 Å². The summed E-state index contributed by atoms with van der Waals surface area (Å²) >= 11 is 1.67. The molecule has 0 heterocycles. The maximum absolute atomic E-state index is 5.66. The average molecular weight is 304 g/mol. The van der Waals surface area contributed by atoms with E-state index < -0.39 is 0 Å². The Morgan fingerprint density at radius 3 is 2.19 bits per heavy atom. The summed E-state index contributed by atoms with van der Waals surface area (Å²) in [4.78, 5) is 1.16. The molecule has 0 atom stereocenters. The summed E-state index contributed by atoms with van der Waals surface area (Å²) in [5.74, 6) is 0.631. The van der Waals surface area contributed by atoms with Crippen LogP contribution in [0.4, 0.5) is 0 Å². The van der Waals surface area contributed by atoms with Gasteiger partial charge in [-0.1, -0.05) is 54.2 Å². The second-order valence-corrected chi connectivity index (χ2v) is 5.46. The second-order valence-electron chi connectivity index (χ2n) is 4.47. The third-order valence-corrected chi connectivity index (χ3v) is 3.89. The molecule has 0 saturated heterocycles. The molecule has 4 heteroatoms. The Morgan fingerprint density at radius 2 is 1.57 bits per heavy atom. The molecule has 112 valence electrons. The van der Waals surface area contributed by atoms with Crippen LogP contribution in [0.2, 0.25) is 0 Å². The molecule has 3 nitrogen and oxygen atoms in total. The maximum atomic E-state index is 5.66. The quantitative estimate of drug-likeness (QED) is 0.414. The summed E-state index contributed by atoms with van der Waals surface area (Å²) in [6, 6.07) is 18.3. The van der Waals surface area contributed by atoms with Gasteiger partial charge in [0, 0.05) is 24.7 Å². The lowest BCUT2D eigenvalue weighted by atomic mass is 10.2. The number of thioether (sulfide) groups is 1. The molecule has 2 aromatic rings. The van der Waals surface area contributed by atoms with E-state index in [1.54, 1.807) is 26.0 Å². The van der Waals surface area contributed by atoms with E-state index in [-0.39, 0.29) is 6.29 Å². The predicted octanol–water partition coefficient (Wildman–Crippen LogP) is 4.24. The van der Waals surface area contributed by atoms with Gasteiger partial charge in [0.25, 0.3) is 0 Å². The molecule has 0 aliphatic heterocycles. The highest BCUT2D eigenvalue weighted by atomic mass is 32.2. The van der Waals surface area contributed by atoms with Crippen molar-refractivity contribution in [1.82, 2.24) is 0 Å². The Balaban J connectivity index is 1.76. The monoisotopic (exact) mass is 304 g/mol. The van der Waals surface area contributed by atoms with E-state index in [9.17, 15) is 0 Å². The Bertz CT molecular complexity index is 509. The van der Waals surface area contributed by atoms with Crippen molar-refractivity contribution in [1.29, 1.82) is 0 Å². The van der Waals surface area contributed by atoms with Crippen LogP contribution < -0.4 is 0 Å². The molecule has 0 saturated carbocycles. The van der Waals surface area contributed by atoms with Gasteiger partial charge in [-0.3, -0.25) is 0 Å². The van der Waals surface area contributed by atoms with Crippen LogP contribution in [0.1, 0.15) is 17.4 Å². The predicted molar refractivity (Wildman–Crippen MR) is 85.2 cm³/mol.